The predicted molar refractivity (Wildman–Crippen MR) is 93.0 cm³/mol. The highest BCUT2D eigenvalue weighted by molar-refractivity contribution is 7.27. The topological polar surface area (TPSA) is 35.5 Å². The molecule has 2 rings (SSSR count). The molecule has 1 unspecified atom stereocenters. The first-order valence-corrected chi connectivity index (χ1v) is 7.61. The standard InChI is InChI=1S/C18H21O3P/c1-10-8-11(2)15(12(3)9-10)16(19)13-6-7-14(22)18(21-5)17(13)20-4/h6-9H,22H2,1-5H3. The number of aryl methyl sites for hydroxylation is 3. The summed E-state index contributed by atoms with van der Waals surface area (Å²) in [6.45, 7) is 5.95. The number of carbonyl (C=O) groups is 1. The molecule has 0 aliphatic heterocycles. The first-order valence-electron chi connectivity index (χ1n) is 7.03. The molecule has 0 aliphatic rings. The lowest BCUT2D eigenvalue weighted by atomic mass is 9.92. The Morgan fingerprint density at radius 2 is 1.50 bits per heavy atom. The van der Waals surface area contributed by atoms with Crippen LogP contribution in [0, 0.1) is 20.8 Å². The number of hydrogen-bond donors (Lipinski definition) is 0. The van der Waals surface area contributed by atoms with Gasteiger partial charge in [-0.05, 0) is 38.0 Å². The van der Waals surface area contributed by atoms with Gasteiger partial charge in [0.25, 0.3) is 0 Å². The summed E-state index contributed by atoms with van der Waals surface area (Å²) < 4.78 is 10.8. The Kier molecular flexibility index (Phi) is 4.87. The van der Waals surface area contributed by atoms with Crippen LogP contribution < -0.4 is 14.8 Å². The molecule has 0 bridgehead atoms. The molecular formula is C18H21O3P. The van der Waals surface area contributed by atoms with E-state index in [4.69, 9.17) is 9.47 Å². The second-order valence-corrected chi connectivity index (χ2v) is 5.99. The van der Waals surface area contributed by atoms with Crippen molar-refractivity contribution in [2.24, 2.45) is 0 Å². The predicted octanol–water partition coefficient (Wildman–Crippen LogP) is 3.36. The van der Waals surface area contributed by atoms with Crippen molar-refractivity contribution in [2.75, 3.05) is 14.2 Å². The highest BCUT2D eigenvalue weighted by atomic mass is 31.0. The monoisotopic (exact) mass is 316 g/mol. The van der Waals surface area contributed by atoms with Crippen molar-refractivity contribution in [1.82, 2.24) is 0 Å². The van der Waals surface area contributed by atoms with Crippen LogP contribution >= 0.6 is 9.24 Å². The van der Waals surface area contributed by atoms with Gasteiger partial charge in [-0.3, -0.25) is 4.79 Å². The molecule has 0 heterocycles. The van der Waals surface area contributed by atoms with Crippen LogP contribution in [0.1, 0.15) is 32.6 Å². The summed E-state index contributed by atoms with van der Waals surface area (Å²) in [5.74, 6) is 0.996. The Morgan fingerprint density at radius 1 is 0.955 bits per heavy atom. The molecule has 0 fully saturated rings. The Morgan fingerprint density at radius 3 is 2.00 bits per heavy atom. The molecule has 0 aromatic heterocycles. The minimum atomic E-state index is -0.0462. The third kappa shape index (κ3) is 2.86. The van der Waals surface area contributed by atoms with E-state index in [1.54, 1.807) is 20.3 Å². The number of ketones is 1. The van der Waals surface area contributed by atoms with Crippen LogP contribution in [0.3, 0.4) is 0 Å². The molecule has 0 aliphatic carbocycles. The van der Waals surface area contributed by atoms with E-state index in [0.29, 0.717) is 17.1 Å². The van der Waals surface area contributed by atoms with E-state index in [-0.39, 0.29) is 5.78 Å². The molecule has 0 amide bonds. The van der Waals surface area contributed by atoms with E-state index in [9.17, 15) is 4.79 Å². The van der Waals surface area contributed by atoms with Crippen molar-refractivity contribution in [3.05, 3.63) is 52.1 Å². The van der Waals surface area contributed by atoms with Gasteiger partial charge in [0.1, 0.15) is 0 Å². The smallest absolute Gasteiger partial charge is 0.197 e. The van der Waals surface area contributed by atoms with E-state index in [0.717, 1.165) is 27.6 Å². The maximum atomic E-state index is 13.0. The lowest BCUT2D eigenvalue weighted by Gasteiger charge is -2.16. The Hall–Kier alpha value is -1.86. The van der Waals surface area contributed by atoms with Gasteiger partial charge in [-0.25, -0.2) is 0 Å². The van der Waals surface area contributed by atoms with Gasteiger partial charge in [-0.1, -0.05) is 23.8 Å². The second kappa shape index (κ2) is 6.50. The molecule has 0 saturated carbocycles. The number of ether oxygens (including phenoxy) is 2. The Bertz CT molecular complexity index is 712. The van der Waals surface area contributed by atoms with E-state index in [2.05, 4.69) is 9.24 Å². The van der Waals surface area contributed by atoms with Crippen LogP contribution in [0.25, 0.3) is 0 Å². The zero-order valence-corrected chi connectivity index (χ0v) is 14.8. The van der Waals surface area contributed by atoms with Gasteiger partial charge in [0.2, 0.25) is 0 Å². The molecule has 2 aromatic carbocycles. The lowest BCUT2D eigenvalue weighted by molar-refractivity contribution is 0.103. The maximum absolute atomic E-state index is 13.0. The number of benzene rings is 2. The van der Waals surface area contributed by atoms with Gasteiger partial charge in [0.15, 0.2) is 17.3 Å². The zero-order valence-electron chi connectivity index (χ0n) is 13.6. The van der Waals surface area contributed by atoms with Crippen LogP contribution in [-0.2, 0) is 0 Å². The number of rotatable bonds is 4. The van der Waals surface area contributed by atoms with Crippen molar-refractivity contribution < 1.29 is 14.3 Å². The van der Waals surface area contributed by atoms with Gasteiger partial charge in [-0.15, -0.1) is 9.24 Å². The summed E-state index contributed by atoms with van der Waals surface area (Å²) in [6.07, 6.45) is 0. The summed E-state index contributed by atoms with van der Waals surface area (Å²) in [5, 5.41) is 0.855. The van der Waals surface area contributed by atoms with Crippen LogP contribution in [0.2, 0.25) is 0 Å². The SMILES string of the molecule is COc1c(P)ccc(C(=O)c2c(C)cc(C)cc2C)c1OC. The van der Waals surface area contributed by atoms with E-state index < -0.39 is 0 Å². The van der Waals surface area contributed by atoms with Gasteiger partial charge in [0, 0.05) is 10.9 Å². The molecular weight excluding hydrogens is 295 g/mol. The lowest BCUT2D eigenvalue weighted by Crippen LogP contribution is -2.12. The first-order chi connectivity index (χ1) is 10.4. The molecule has 0 spiro atoms. The molecule has 0 N–H and O–H groups in total. The van der Waals surface area contributed by atoms with Gasteiger partial charge < -0.3 is 9.47 Å². The third-order valence-electron chi connectivity index (χ3n) is 3.70. The summed E-state index contributed by atoms with van der Waals surface area (Å²) in [5.41, 5.74) is 4.33. The Labute approximate surface area is 133 Å². The highest BCUT2D eigenvalue weighted by Gasteiger charge is 2.22. The minimum Gasteiger partial charge on any atom is -0.492 e. The molecule has 1 atom stereocenters. The molecule has 2 aromatic rings. The van der Waals surface area contributed by atoms with Crippen molar-refractivity contribution in [3.8, 4) is 11.5 Å². The van der Waals surface area contributed by atoms with E-state index in [1.165, 1.54) is 0 Å². The normalized spacial score (nSPS) is 10.5. The highest BCUT2D eigenvalue weighted by Crippen LogP contribution is 2.33. The molecule has 4 heteroatoms. The number of methoxy groups -OCH3 is 2. The maximum Gasteiger partial charge on any atom is 0.197 e. The van der Waals surface area contributed by atoms with Crippen molar-refractivity contribution in [3.63, 3.8) is 0 Å². The molecule has 116 valence electrons. The first kappa shape index (κ1) is 16.5. The fourth-order valence-corrected chi connectivity index (χ4v) is 3.19. The average molecular weight is 316 g/mol. The van der Waals surface area contributed by atoms with Crippen LogP contribution in [-0.4, -0.2) is 20.0 Å². The quantitative estimate of drug-likeness (QED) is 0.641. The van der Waals surface area contributed by atoms with Crippen LogP contribution in [0.15, 0.2) is 24.3 Å². The average Bonchev–Trinajstić information content (AvgIpc) is 2.45. The van der Waals surface area contributed by atoms with E-state index in [1.807, 2.05) is 39.0 Å². The van der Waals surface area contributed by atoms with Gasteiger partial charge >= 0.3 is 0 Å². The summed E-state index contributed by atoms with van der Waals surface area (Å²) >= 11 is 0. The van der Waals surface area contributed by atoms with Crippen molar-refractivity contribution in [1.29, 1.82) is 0 Å². The van der Waals surface area contributed by atoms with E-state index >= 15 is 0 Å². The third-order valence-corrected chi connectivity index (χ3v) is 4.15. The van der Waals surface area contributed by atoms with Crippen LogP contribution in [0.5, 0.6) is 11.5 Å². The second-order valence-electron chi connectivity index (χ2n) is 5.37. The Balaban J connectivity index is 2.65. The number of carbonyl (C=O) groups excluding carboxylic acids is 1. The largest absolute Gasteiger partial charge is 0.492 e. The zero-order chi connectivity index (χ0) is 16.4. The minimum absolute atomic E-state index is 0.0462. The molecule has 0 radical (unpaired) electrons. The molecule has 22 heavy (non-hydrogen) atoms. The summed E-state index contributed by atoms with van der Waals surface area (Å²) in [6, 6.07) is 7.67. The molecule has 0 saturated heterocycles. The summed E-state index contributed by atoms with van der Waals surface area (Å²) in [7, 11) is 5.71. The fourth-order valence-electron chi connectivity index (χ4n) is 2.84. The van der Waals surface area contributed by atoms with Gasteiger partial charge in [0.05, 0.1) is 19.8 Å². The van der Waals surface area contributed by atoms with Crippen molar-refractivity contribution >= 4 is 20.3 Å². The van der Waals surface area contributed by atoms with Crippen LogP contribution in [0.4, 0.5) is 0 Å². The van der Waals surface area contributed by atoms with Gasteiger partial charge in [-0.2, -0.15) is 0 Å². The fraction of sp³-hybridized carbons (Fsp3) is 0.278. The molecule has 3 nitrogen and oxygen atoms in total. The van der Waals surface area contributed by atoms with Crippen molar-refractivity contribution in [2.45, 2.75) is 20.8 Å². The number of hydrogen-bond acceptors (Lipinski definition) is 3. The summed E-state index contributed by atoms with van der Waals surface area (Å²) in [4.78, 5) is 13.0.